The highest BCUT2D eigenvalue weighted by Crippen LogP contribution is 2.36. The first-order chi connectivity index (χ1) is 9.85. The number of carbonyl (C=O) groups excluding carboxylic acids is 1. The topological polar surface area (TPSA) is 26.3 Å². The number of fused-ring (bicyclic) bond motifs is 1. The summed E-state index contributed by atoms with van der Waals surface area (Å²) in [7, 11) is 0. The molecular weight excluding hydrogens is 352 g/mol. The van der Waals surface area contributed by atoms with Gasteiger partial charge >= 0.3 is 0 Å². The van der Waals surface area contributed by atoms with Gasteiger partial charge in [-0.3, -0.25) is 4.79 Å². The first-order valence-electron chi connectivity index (χ1n) is 6.67. The molecule has 2 aromatic carbocycles. The second-order valence-corrected chi connectivity index (χ2v) is 7.11. The van der Waals surface area contributed by atoms with Crippen LogP contribution in [0.2, 0.25) is 5.02 Å². The van der Waals surface area contributed by atoms with Gasteiger partial charge in [0.15, 0.2) is 5.78 Å². The van der Waals surface area contributed by atoms with E-state index in [2.05, 4.69) is 15.9 Å². The quantitative estimate of drug-likeness (QED) is 0.696. The number of hydrogen-bond acceptors (Lipinski definition) is 2. The third kappa shape index (κ3) is 2.85. The van der Waals surface area contributed by atoms with Crippen molar-refractivity contribution >= 4 is 33.3 Å². The molecule has 1 aliphatic heterocycles. The zero-order valence-electron chi connectivity index (χ0n) is 11.7. The van der Waals surface area contributed by atoms with Crippen LogP contribution in [0.15, 0.2) is 40.9 Å². The Balaban J connectivity index is 1.97. The number of ketones is 1. The summed E-state index contributed by atoms with van der Waals surface area (Å²) in [6.07, 6.45) is 0.811. The third-order valence-corrected chi connectivity index (χ3v) is 4.39. The molecule has 3 rings (SSSR count). The van der Waals surface area contributed by atoms with Crippen LogP contribution < -0.4 is 4.74 Å². The minimum atomic E-state index is -0.204. The molecule has 108 valence electrons. The summed E-state index contributed by atoms with van der Waals surface area (Å²) < 4.78 is 6.54. The van der Waals surface area contributed by atoms with Crippen LogP contribution >= 0.6 is 27.5 Å². The van der Waals surface area contributed by atoms with Crippen LogP contribution in [0.4, 0.5) is 0 Å². The van der Waals surface area contributed by atoms with E-state index in [0.29, 0.717) is 20.6 Å². The molecule has 0 aromatic heterocycles. The predicted octanol–water partition coefficient (Wildman–Crippen LogP) is 5.05. The van der Waals surface area contributed by atoms with Gasteiger partial charge in [-0.2, -0.15) is 0 Å². The van der Waals surface area contributed by atoms with E-state index >= 15 is 0 Å². The van der Waals surface area contributed by atoms with Gasteiger partial charge in [0.1, 0.15) is 11.4 Å². The highest BCUT2D eigenvalue weighted by atomic mass is 79.9. The van der Waals surface area contributed by atoms with Gasteiger partial charge in [0, 0.05) is 27.0 Å². The molecule has 2 nitrogen and oxygen atoms in total. The second kappa shape index (κ2) is 5.15. The molecule has 0 aliphatic carbocycles. The van der Waals surface area contributed by atoms with E-state index < -0.39 is 0 Å². The van der Waals surface area contributed by atoms with Crippen LogP contribution in [-0.4, -0.2) is 11.4 Å². The van der Waals surface area contributed by atoms with Gasteiger partial charge in [-0.15, -0.1) is 0 Å². The maximum absolute atomic E-state index is 12.6. The van der Waals surface area contributed by atoms with Crippen LogP contribution in [0.25, 0.3) is 0 Å². The number of hydrogen-bond donors (Lipinski definition) is 0. The van der Waals surface area contributed by atoms with Crippen molar-refractivity contribution in [2.45, 2.75) is 25.9 Å². The molecule has 4 heteroatoms. The molecule has 21 heavy (non-hydrogen) atoms. The van der Waals surface area contributed by atoms with E-state index in [1.807, 2.05) is 32.0 Å². The lowest BCUT2D eigenvalue weighted by Crippen LogP contribution is -2.24. The Bertz CT molecular complexity index is 738. The van der Waals surface area contributed by atoms with E-state index in [4.69, 9.17) is 16.3 Å². The van der Waals surface area contributed by atoms with Crippen molar-refractivity contribution in [2.24, 2.45) is 0 Å². The Morgan fingerprint density at radius 3 is 2.71 bits per heavy atom. The molecule has 0 fully saturated rings. The molecule has 1 heterocycles. The van der Waals surface area contributed by atoms with Gasteiger partial charge in [-0.05, 0) is 71.7 Å². The fraction of sp³-hybridized carbons (Fsp3) is 0.235. The van der Waals surface area contributed by atoms with Gasteiger partial charge in [0.2, 0.25) is 0 Å². The average molecular weight is 366 g/mol. The molecule has 2 aromatic rings. The third-order valence-electron chi connectivity index (χ3n) is 3.50. The lowest BCUT2D eigenvalue weighted by atomic mass is 9.97. The SMILES string of the molecule is CC1(C)Cc2cc(C(=O)c3ccc(Cl)cc3Br)ccc2O1. The van der Waals surface area contributed by atoms with Gasteiger partial charge in [-0.25, -0.2) is 0 Å². The van der Waals surface area contributed by atoms with Crippen LogP contribution in [0.3, 0.4) is 0 Å². The molecule has 0 amide bonds. The lowest BCUT2D eigenvalue weighted by Gasteiger charge is -2.16. The fourth-order valence-electron chi connectivity index (χ4n) is 2.58. The summed E-state index contributed by atoms with van der Waals surface area (Å²) in [5.74, 6) is 0.845. The maximum Gasteiger partial charge on any atom is 0.194 e. The summed E-state index contributed by atoms with van der Waals surface area (Å²) >= 11 is 9.31. The Hall–Kier alpha value is -1.32. The summed E-state index contributed by atoms with van der Waals surface area (Å²) in [4.78, 5) is 12.6. The summed E-state index contributed by atoms with van der Waals surface area (Å²) in [6, 6.07) is 10.8. The largest absolute Gasteiger partial charge is 0.487 e. The predicted molar refractivity (Wildman–Crippen MR) is 87.4 cm³/mol. The molecule has 0 saturated carbocycles. The normalized spacial score (nSPS) is 15.4. The summed E-state index contributed by atoms with van der Waals surface area (Å²) in [5, 5.41) is 0.600. The molecule has 0 radical (unpaired) electrons. The van der Waals surface area contributed by atoms with Crippen molar-refractivity contribution < 1.29 is 9.53 Å². The number of carbonyl (C=O) groups is 1. The highest BCUT2D eigenvalue weighted by molar-refractivity contribution is 9.10. The summed E-state index contributed by atoms with van der Waals surface area (Å²) in [6.45, 7) is 4.09. The Kier molecular flexibility index (Phi) is 3.58. The number of benzene rings is 2. The zero-order valence-corrected chi connectivity index (χ0v) is 14.1. The van der Waals surface area contributed by atoms with Gasteiger partial charge in [0.05, 0.1) is 0 Å². The first-order valence-corrected chi connectivity index (χ1v) is 7.84. The molecule has 1 aliphatic rings. The van der Waals surface area contributed by atoms with Gasteiger partial charge in [0.25, 0.3) is 0 Å². The van der Waals surface area contributed by atoms with E-state index in [9.17, 15) is 4.79 Å². The monoisotopic (exact) mass is 364 g/mol. The Morgan fingerprint density at radius 2 is 2.00 bits per heavy atom. The standard InChI is InChI=1S/C17H14BrClO2/c1-17(2)9-11-7-10(3-6-15(11)21-17)16(20)13-5-4-12(19)8-14(13)18/h3-8H,9H2,1-2H3. The number of rotatable bonds is 2. The zero-order chi connectivity index (χ0) is 15.2. The Labute approximate surface area is 137 Å². The van der Waals surface area contributed by atoms with E-state index in [1.54, 1.807) is 18.2 Å². The van der Waals surface area contributed by atoms with Crippen molar-refractivity contribution in [3.8, 4) is 5.75 Å². The molecular formula is C17H14BrClO2. The van der Waals surface area contributed by atoms with Crippen LogP contribution in [0.1, 0.15) is 35.3 Å². The lowest BCUT2D eigenvalue weighted by molar-refractivity contribution is 0.103. The van der Waals surface area contributed by atoms with Crippen molar-refractivity contribution in [3.63, 3.8) is 0 Å². The Morgan fingerprint density at radius 1 is 1.24 bits per heavy atom. The van der Waals surface area contributed by atoms with Crippen molar-refractivity contribution in [2.75, 3.05) is 0 Å². The average Bonchev–Trinajstić information content (AvgIpc) is 2.70. The second-order valence-electron chi connectivity index (χ2n) is 5.81. The molecule has 0 N–H and O–H groups in total. The van der Waals surface area contributed by atoms with E-state index in [1.165, 1.54) is 0 Å². The molecule has 0 bridgehead atoms. The van der Waals surface area contributed by atoms with Crippen LogP contribution in [0, 0.1) is 0 Å². The van der Waals surface area contributed by atoms with E-state index in [-0.39, 0.29) is 11.4 Å². The minimum Gasteiger partial charge on any atom is -0.487 e. The van der Waals surface area contributed by atoms with Crippen LogP contribution in [0.5, 0.6) is 5.75 Å². The fourth-order valence-corrected chi connectivity index (χ4v) is 3.44. The minimum absolute atomic E-state index is 0.0222. The van der Waals surface area contributed by atoms with Gasteiger partial charge in [-0.1, -0.05) is 11.6 Å². The van der Waals surface area contributed by atoms with Crippen LogP contribution in [-0.2, 0) is 6.42 Å². The molecule has 0 atom stereocenters. The van der Waals surface area contributed by atoms with E-state index in [0.717, 1.165) is 17.7 Å². The smallest absolute Gasteiger partial charge is 0.194 e. The maximum atomic E-state index is 12.6. The van der Waals surface area contributed by atoms with Gasteiger partial charge < -0.3 is 4.74 Å². The summed E-state index contributed by atoms with van der Waals surface area (Å²) in [5.41, 5.74) is 2.15. The molecule has 0 unspecified atom stereocenters. The number of ether oxygens (including phenoxy) is 1. The molecule has 0 spiro atoms. The van der Waals surface area contributed by atoms with Crippen molar-refractivity contribution in [1.29, 1.82) is 0 Å². The first kappa shape index (κ1) is 14.6. The molecule has 0 saturated heterocycles. The number of halogens is 2. The van der Waals surface area contributed by atoms with Crippen molar-refractivity contribution in [3.05, 3.63) is 62.6 Å². The van der Waals surface area contributed by atoms with Crippen molar-refractivity contribution in [1.82, 2.24) is 0 Å². The highest BCUT2D eigenvalue weighted by Gasteiger charge is 2.30.